The molecule has 0 saturated heterocycles. The molecule has 0 aliphatic heterocycles. The number of allylic oxidation sites excluding steroid dienone is 1. The molecule has 0 fully saturated rings. The molecule has 1 aromatic carbocycles. The topological polar surface area (TPSA) is 23.8 Å². The van der Waals surface area contributed by atoms with Crippen molar-refractivity contribution < 1.29 is 0 Å². The lowest BCUT2D eigenvalue weighted by atomic mass is 10.1. The second-order valence-corrected chi connectivity index (χ2v) is 10.2. The molecule has 5 heteroatoms. The second kappa shape index (κ2) is 7.50. The Labute approximate surface area is 179 Å². The molecule has 28 heavy (non-hydrogen) atoms. The van der Waals surface area contributed by atoms with Crippen LogP contribution in [0.5, 0.6) is 0 Å². The highest BCUT2D eigenvalue weighted by Gasteiger charge is 2.16. The third-order valence-electron chi connectivity index (χ3n) is 4.41. The maximum atomic E-state index is 9.53. The third-order valence-corrected chi connectivity index (χ3v) is 8.80. The third kappa shape index (κ3) is 3.15. The van der Waals surface area contributed by atoms with Gasteiger partial charge in [-0.2, -0.15) is 5.26 Å². The molecule has 0 spiro atoms. The summed E-state index contributed by atoms with van der Waals surface area (Å²) in [4.78, 5) is 7.32. The summed E-state index contributed by atoms with van der Waals surface area (Å²) in [6.07, 6.45) is 2.00. The van der Waals surface area contributed by atoms with Gasteiger partial charge in [0, 0.05) is 30.3 Å². The number of nitriles is 1. The van der Waals surface area contributed by atoms with E-state index in [1.54, 1.807) is 34.0 Å². The van der Waals surface area contributed by atoms with Gasteiger partial charge in [0.15, 0.2) is 0 Å². The first-order valence-corrected chi connectivity index (χ1v) is 12.0. The zero-order chi connectivity index (χ0) is 18.9. The highest BCUT2D eigenvalue weighted by Crippen LogP contribution is 2.47. The molecule has 0 radical (unpaired) electrons. The first kappa shape index (κ1) is 17.6. The van der Waals surface area contributed by atoms with E-state index >= 15 is 0 Å². The molecule has 0 N–H and O–H groups in total. The highest BCUT2D eigenvalue weighted by atomic mass is 32.1. The van der Waals surface area contributed by atoms with Crippen molar-refractivity contribution in [3.05, 3.63) is 81.2 Å². The lowest BCUT2D eigenvalue weighted by Gasteiger charge is -1.95. The van der Waals surface area contributed by atoms with Gasteiger partial charge in [-0.25, -0.2) is 0 Å². The van der Waals surface area contributed by atoms with Gasteiger partial charge in [0.05, 0.1) is 15.3 Å². The van der Waals surface area contributed by atoms with Gasteiger partial charge in [0.25, 0.3) is 0 Å². The zero-order valence-corrected chi connectivity index (χ0v) is 17.9. The van der Waals surface area contributed by atoms with E-state index in [9.17, 15) is 5.26 Å². The number of thiophene rings is 4. The summed E-state index contributed by atoms with van der Waals surface area (Å²) in [7, 11) is 0. The number of hydrogen-bond acceptors (Lipinski definition) is 5. The van der Waals surface area contributed by atoms with Crippen molar-refractivity contribution >= 4 is 67.8 Å². The molecule has 5 rings (SSSR count). The molecule has 0 bridgehead atoms. The molecule has 0 aliphatic carbocycles. The van der Waals surface area contributed by atoms with Gasteiger partial charge in [0.2, 0.25) is 0 Å². The monoisotopic (exact) mass is 431 g/mol. The Balaban J connectivity index is 1.60. The van der Waals surface area contributed by atoms with Crippen LogP contribution in [-0.4, -0.2) is 0 Å². The molecule has 0 atom stereocenters. The normalized spacial score (nSPS) is 11.8. The number of hydrogen-bond donors (Lipinski definition) is 0. The summed E-state index contributed by atoms with van der Waals surface area (Å²) in [5, 5.41) is 16.3. The predicted octanol–water partition coefficient (Wildman–Crippen LogP) is 8.48. The van der Waals surface area contributed by atoms with Crippen molar-refractivity contribution in [2.45, 2.75) is 0 Å². The average Bonchev–Trinajstić information content (AvgIpc) is 3.52. The predicted molar refractivity (Wildman–Crippen MR) is 126 cm³/mol. The van der Waals surface area contributed by atoms with Crippen LogP contribution in [0.4, 0.5) is 0 Å². The van der Waals surface area contributed by atoms with Crippen LogP contribution in [0.15, 0.2) is 71.4 Å². The molecule has 0 unspecified atom stereocenters. The van der Waals surface area contributed by atoms with Crippen LogP contribution in [0.2, 0.25) is 0 Å². The van der Waals surface area contributed by atoms with E-state index in [1.165, 1.54) is 30.3 Å². The van der Waals surface area contributed by atoms with Crippen molar-refractivity contribution in [1.82, 2.24) is 0 Å². The van der Waals surface area contributed by atoms with E-state index in [1.807, 2.05) is 34.9 Å². The molecular formula is C23H13NS4. The van der Waals surface area contributed by atoms with Crippen LogP contribution in [0.25, 0.3) is 41.9 Å². The van der Waals surface area contributed by atoms with Gasteiger partial charge >= 0.3 is 0 Å². The van der Waals surface area contributed by atoms with Crippen LogP contribution < -0.4 is 0 Å². The van der Waals surface area contributed by atoms with E-state index in [-0.39, 0.29) is 0 Å². The number of rotatable bonds is 4. The van der Waals surface area contributed by atoms with Crippen molar-refractivity contribution in [3.63, 3.8) is 0 Å². The maximum absolute atomic E-state index is 9.53. The Bertz CT molecular complexity index is 1310. The number of nitrogens with zero attached hydrogens (tertiary/aromatic N) is 1. The molecule has 4 heterocycles. The fourth-order valence-corrected chi connectivity index (χ4v) is 7.06. The van der Waals surface area contributed by atoms with Crippen LogP contribution in [-0.2, 0) is 0 Å². The maximum Gasteiger partial charge on any atom is 0.101 e. The number of benzene rings is 1. The quantitative estimate of drug-likeness (QED) is 0.262. The second-order valence-electron chi connectivity index (χ2n) is 6.13. The lowest BCUT2D eigenvalue weighted by molar-refractivity contribution is 1.54. The SMILES string of the molecule is N#C/C(=C\c1ccc(-c2sc(-c3cccs3)c3ccccc23)s1)c1cccs1. The van der Waals surface area contributed by atoms with E-state index in [0.29, 0.717) is 0 Å². The van der Waals surface area contributed by atoms with E-state index in [0.717, 1.165) is 15.3 Å². The Kier molecular flexibility index (Phi) is 4.71. The van der Waals surface area contributed by atoms with Gasteiger partial charge in [-0.3, -0.25) is 0 Å². The van der Waals surface area contributed by atoms with Gasteiger partial charge in [-0.15, -0.1) is 45.3 Å². The van der Waals surface area contributed by atoms with E-state index in [4.69, 9.17) is 0 Å². The van der Waals surface area contributed by atoms with Crippen LogP contribution in [0.1, 0.15) is 9.75 Å². The van der Waals surface area contributed by atoms with Gasteiger partial charge in [0.1, 0.15) is 6.07 Å². The Morgan fingerprint density at radius 2 is 1.50 bits per heavy atom. The summed E-state index contributed by atoms with van der Waals surface area (Å²) < 4.78 is 0. The first-order valence-electron chi connectivity index (χ1n) is 8.65. The molecule has 0 aliphatic rings. The minimum atomic E-state index is 0.721. The summed E-state index contributed by atoms with van der Waals surface area (Å²) in [5.41, 5.74) is 0.721. The molecule has 4 aromatic heterocycles. The van der Waals surface area contributed by atoms with Crippen LogP contribution >= 0.6 is 45.3 Å². The fourth-order valence-electron chi connectivity index (χ4n) is 3.15. The van der Waals surface area contributed by atoms with Crippen molar-refractivity contribution in [3.8, 4) is 25.6 Å². The average molecular weight is 432 g/mol. The molecule has 134 valence electrons. The van der Waals surface area contributed by atoms with Crippen molar-refractivity contribution in [1.29, 1.82) is 5.26 Å². The number of fused-ring (bicyclic) bond motifs is 1. The molecule has 5 aromatic rings. The van der Waals surface area contributed by atoms with Crippen molar-refractivity contribution in [2.75, 3.05) is 0 Å². The molecule has 0 amide bonds. The first-order chi connectivity index (χ1) is 13.8. The highest BCUT2D eigenvalue weighted by molar-refractivity contribution is 7.28. The van der Waals surface area contributed by atoms with Gasteiger partial charge in [-0.05, 0) is 41.1 Å². The summed E-state index contributed by atoms with van der Waals surface area (Å²) in [6, 6.07) is 23.5. The Hall–Kier alpha value is -2.49. The smallest absolute Gasteiger partial charge is 0.101 e. The minimum absolute atomic E-state index is 0.721. The fraction of sp³-hybridized carbons (Fsp3) is 0. The lowest BCUT2D eigenvalue weighted by Crippen LogP contribution is -1.72. The van der Waals surface area contributed by atoms with E-state index < -0.39 is 0 Å². The Morgan fingerprint density at radius 3 is 2.18 bits per heavy atom. The summed E-state index contributed by atoms with van der Waals surface area (Å²) in [6.45, 7) is 0. The largest absolute Gasteiger partial charge is 0.192 e. The minimum Gasteiger partial charge on any atom is -0.192 e. The zero-order valence-electron chi connectivity index (χ0n) is 14.6. The van der Waals surface area contributed by atoms with Crippen LogP contribution in [0, 0.1) is 11.3 Å². The van der Waals surface area contributed by atoms with Gasteiger partial charge < -0.3 is 0 Å². The summed E-state index contributed by atoms with van der Waals surface area (Å²) >= 11 is 6.98. The molecule has 1 nitrogen and oxygen atoms in total. The van der Waals surface area contributed by atoms with Crippen molar-refractivity contribution in [2.24, 2.45) is 0 Å². The molecular weight excluding hydrogens is 419 g/mol. The molecule has 0 saturated carbocycles. The van der Waals surface area contributed by atoms with Gasteiger partial charge in [-0.1, -0.05) is 36.4 Å². The van der Waals surface area contributed by atoms with Crippen LogP contribution in [0.3, 0.4) is 0 Å². The Morgan fingerprint density at radius 1 is 0.750 bits per heavy atom. The van der Waals surface area contributed by atoms with E-state index in [2.05, 4.69) is 60.0 Å². The standard InChI is InChI=1S/C23H13NS4/c24-14-15(19-7-3-11-25-19)13-16-9-10-21(27-16)23-18-6-2-1-5-17(18)22(28-23)20-8-4-12-26-20/h1-13H/b15-13+. The summed E-state index contributed by atoms with van der Waals surface area (Å²) in [5.74, 6) is 0.